The van der Waals surface area contributed by atoms with Crippen LogP contribution in [0.2, 0.25) is 5.02 Å². The van der Waals surface area contributed by atoms with Crippen molar-refractivity contribution < 1.29 is 4.74 Å². The summed E-state index contributed by atoms with van der Waals surface area (Å²) in [7, 11) is 2.07. The normalized spacial score (nSPS) is 18.3. The zero-order chi connectivity index (χ0) is 11.2. The second-order valence-electron chi connectivity index (χ2n) is 4.39. The Morgan fingerprint density at radius 2 is 2.13 bits per heavy atom. The molecule has 0 aliphatic carbocycles. The van der Waals surface area contributed by atoms with Crippen molar-refractivity contribution in [3.05, 3.63) is 21.6 Å². The summed E-state index contributed by atoms with van der Waals surface area (Å²) in [6, 6.07) is 3.75. The first-order chi connectivity index (χ1) is 6.92. The number of fused-ring (bicyclic) bond motifs is 1. The number of ether oxygens (including phenoxy) is 1. The average molecular weight is 291 g/mol. The van der Waals surface area contributed by atoms with Crippen molar-refractivity contribution in [2.24, 2.45) is 0 Å². The van der Waals surface area contributed by atoms with Crippen LogP contribution in [0.4, 0.5) is 5.69 Å². The fraction of sp³-hybridized carbons (Fsp3) is 0.455. The fourth-order valence-corrected chi connectivity index (χ4v) is 2.68. The van der Waals surface area contributed by atoms with Gasteiger partial charge >= 0.3 is 0 Å². The zero-order valence-electron chi connectivity index (χ0n) is 8.97. The fourth-order valence-electron chi connectivity index (χ4n) is 1.63. The van der Waals surface area contributed by atoms with Crippen molar-refractivity contribution in [2.45, 2.75) is 19.4 Å². The molecule has 0 bridgehead atoms. The van der Waals surface area contributed by atoms with Gasteiger partial charge in [-0.1, -0.05) is 11.6 Å². The lowest BCUT2D eigenvalue weighted by molar-refractivity contribution is 0.218. The number of likely N-dealkylation sites (N-methyl/N-ethyl adjacent to an activating group) is 1. The van der Waals surface area contributed by atoms with Gasteiger partial charge in [-0.2, -0.15) is 0 Å². The van der Waals surface area contributed by atoms with Gasteiger partial charge in [0.2, 0.25) is 0 Å². The molecule has 0 saturated heterocycles. The number of rotatable bonds is 0. The van der Waals surface area contributed by atoms with Gasteiger partial charge in [-0.05, 0) is 35.8 Å². The highest BCUT2D eigenvalue weighted by Crippen LogP contribution is 2.43. The SMILES string of the molecule is CN1c2c(Br)cc(Cl)cc2OCC1(C)C. The van der Waals surface area contributed by atoms with Gasteiger partial charge in [-0.25, -0.2) is 0 Å². The lowest BCUT2D eigenvalue weighted by Gasteiger charge is -2.42. The Bertz CT molecular complexity index is 406. The highest BCUT2D eigenvalue weighted by Gasteiger charge is 2.33. The van der Waals surface area contributed by atoms with Crippen molar-refractivity contribution in [1.29, 1.82) is 0 Å². The topological polar surface area (TPSA) is 12.5 Å². The van der Waals surface area contributed by atoms with Crippen LogP contribution in [0, 0.1) is 0 Å². The van der Waals surface area contributed by atoms with Crippen molar-refractivity contribution >= 4 is 33.2 Å². The first-order valence-electron chi connectivity index (χ1n) is 4.77. The van der Waals surface area contributed by atoms with Crippen LogP contribution in [0.25, 0.3) is 0 Å². The maximum atomic E-state index is 5.97. The van der Waals surface area contributed by atoms with E-state index in [0.29, 0.717) is 11.6 Å². The van der Waals surface area contributed by atoms with Crippen LogP contribution in [0.5, 0.6) is 5.75 Å². The molecule has 0 saturated carbocycles. The molecule has 2 nitrogen and oxygen atoms in total. The minimum Gasteiger partial charge on any atom is -0.489 e. The Labute approximate surface area is 103 Å². The molecule has 1 aromatic carbocycles. The number of hydrogen-bond donors (Lipinski definition) is 0. The Balaban J connectivity index is 2.57. The largest absolute Gasteiger partial charge is 0.489 e. The second kappa shape index (κ2) is 3.56. The van der Waals surface area contributed by atoms with E-state index in [0.717, 1.165) is 15.9 Å². The van der Waals surface area contributed by atoms with E-state index >= 15 is 0 Å². The predicted molar refractivity (Wildman–Crippen MR) is 67.1 cm³/mol. The third kappa shape index (κ3) is 1.83. The standard InChI is InChI=1S/C11H13BrClNO/c1-11(2)6-15-9-5-7(13)4-8(12)10(9)14(11)3/h4-5H,6H2,1-3H3. The molecule has 0 amide bonds. The molecule has 0 fully saturated rings. The van der Waals surface area contributed by atoms with Crippen LogP contribution in [-0.4, -0.2) is 19.2 Å². The van der Waals surface area contributed by atoms with Gasteiger partial charge in [0.15, 0.2) is 0 Å². The van der Waals surface area contributed by atoms with E-state index in [2.05, 4.69) is 41.7 Å². The van der Waals surface area contributed by atoms with E-state index in [4.69, 9.17) is 16.3 Å². The van der Waals surface area contributed by atoms with Crippen molar-refractivity contribution in [2.75, 3.05) is 18.6 Å². The molecule has 4 heteroatoms. The Hall–Kier alpha value is -0.410. The molecular weight excluding hydrogens is 277 g/mol. The molecule has 1 heterocycles. The Morgan fingerprint density at radius 3 is 2.80 bits per heavy atom. The van der Waals surface area contributed by atoms with E-state index in [-0.39, 0.29) is 5.54 Å². The summed E-state index contributed by atoms with van der Waals surface area (Å²) in [4.78, 5) is 2.21. The Morgan fingerprint density at radius 1 is 1.47 bits per heavy atom. The highest BCUT2D eigenvalue weighted by atomic mass is 79.9. The van der Waals surface area contributed by atoms with Gasteiger partial charge in [0.25, 0.3) is 0 Å². The molecule has 15 heavy (non-hydrogen) atoms. The van der Waals surface area contributed by atoms with Gasteiger partial charge in [-0.15, -0.1) is 0 Å². The lowest BCUT2D eigenvalue weighted by Crippen LogP contribution is -2.49. The lowest BCUT2D eigenvalue weighted by atomic mass is 10.0. The molecule has 1 aliphatic rings. The summed E-state index contributed by atoms with van der Waals surface area (Å²) in [6.45, 7) is 4.97. The molecule has 0 radical (unpaired) electrons. The molecule has 2 rings (SSSR count). The monoisotopic (exact) mass is 289 g/mol. The minimum absolute atomic E-state index is 0.00332. The van der Waals surface area contributed by atoms with E-state index in [1.165, 1.54) is 0 Å². The third-order valence-electron chi connectivity index (χ3n) is 2.82. The third-order valence-corrected chi connectivity index (χ3v) is 3.64. The van der Waals surface area contributed by atoms with E-state index in [1.807, 2.05) is 12.1 Å². The Kier molecular flexibility index (Phi) is 2.63. The van der Waals surface area contributed by atoms with E-state index < -0.39 is 0 Å². The number of hydrogen-bond acceptors (Lipinski definition) is 2. The van der Waals surface area contributed by atoms with Gasteiger partial charge < -0.3 is 9.64 Å². The average Bonchev–Trinajstić information content (AvgIpc) is 2.11. The number of anilines is 1. The van der Waals surface area contributed by atoms with Gasteiger partial charge in [0.05, 0.1) is 11.2 Å². The van der Waals surface area contributed by atoms with Crippen molar-refractivity contribution in [3.8, 4) is 5.75 Å². The van der Waals surface area contributed by atoms with E-state index in [9.17, 15) is 0 Å². The van der Waals surface area contributed by atoms with Gasteiger partial charge in [0, 0.05) is 22.6 Å². The van der Waals surface area contributed by atoms with Crippen LogP contribution in [0.1, 0.15) is 13.8 Å². The summed E-state index contributed by atoms with van der Waals surface area (Å²) < 4.78 is 6.69. The van der Waals surface area contributed by atoms with Crippen molar-refractivity contribution in [1.82, 2.24) is 0 Å². The summed E-state index contributed by atoms with van der Waals surface area (Å²) in [5, 5.41) is 0.689. The van der Waals surface area contributed by atoms with Crippen molar-refractivity contribution in [3.63, 3.8) is 0 Å². The van der Waals surface area contributed by atoms with E-state index in [1.54, 1.807) is 0 Å². The molecule has 82 valence electrons. The molecule has 1 aromatic rings. The summed E-state index contributed by atoms with van der Waals surface area (Å²) in [6.07, 6.45) is 0. The molecule has 1 aliphatic heterocycles. The molecule has 0 aromatic heterocycles. The number of halogens is 2. The van der Waals surface area contributed by atoms with Crippen LogP contribution in [0.15, 0.2) is 16.6 Å². The molecule has 0 spiro atoms. The number of benzene rings is 1. The summed E-state index contributed by atoms with van der Waals surface area (Å²) >= 11 is 9.49. The maximum Gasteiger partial charge on any atom is 0.145 e. The highest BCUT2D eigenvalue weighted by molar-refractivity contribution is 9.10. The quantitative estimate of drug-likeness (QED) is 0.722. The molecular formula is C11H13BrClNO. The van der Waals surface area contributed by atoms with Gasteiger partial charge in [-0.3, -0.25) is 0 Å². The molecule has 0 N–H and O–H groups in total. The predicted octanol–water partition coefficient (Wildman–Crippen LogP) is 3.71. The van der Waals surface area contributed by atoms with Crippen LogP contribution in [0.3, 0.4) is 0 Å². The van der Waals surface area contributed by atoms with Crippen LogP contribution in [-0.2, 0) is 0 Å². The van der Waals surface area contributed by atoms with Crippen LogP contribution >= 0.6 is 27.5 Å². The molecule has 0 atom stereocenters. The maximum absolute atomic E-state index is 5.97. The second-order valence-corrected chi connectivity index (χ2v) is 5.69. The molecule has 0 unspecified atom stereocenters. The zero-order valence-corrected chi connectivity index (χ0v) is 11.3. The minimum atomic E-state index is 0.00332. The summed E-state index contributed by atoms with van der Waals surface area (Å²) in [5.74, 6) is 0.844. The first-order valence-corrected chi connectivity index (χ1v) is 5.94. The number of nitrogens with zero attached hydrogens (tertiary/aromatic N) is 1. The first kappa shape index (κ1) is 11.1. The summed E-state index contributed by atoms with van der Waals surface area (Å²) in [5.41, 5.74) is 1.07. The van der Waals surface area contributed by atoms with Crippen LogP contribution < -0.4 is 9.64 Å². The van der Waals surface area contributed by atoms with Gasteiger partial charge in [0.1, 0.15) is 12.4 Å². The smallest absolute Gasteiger partial charge is 0.145 e.